The zero-order valence-electron chi connectivity index (χ0n) is 7.89. The lowest BCUT2D eigenvalue weighted by Gasteiger charge is -2.10. The number of rotatable bonds is 0. The standard InChI is InChI=1S/C10H12Cl2N2/c11-9-7-5-3-1-2-4-6-8(14-9)10(12)13-7/h1-6H2. The molecule has 0 unspecified atom stereocenters. The highest BCUT2D eigenvalue weighted by atomic mass is 35.5. The van der Waals surface area contributed by atoms with E-state index in [-0.39, 0.29) is 0 Å². The van der Waals surface area contributed by atoms with Gasteiger partial charge in [-0.2, -0.15) is 0 Å². The number of halogens is 2. The molecule has 1 aromatic heterocycles. The van der Waals surface area contributed by atoms with E-state index in [1.54, 1.807) is 0 Å². The minimum Gasteiger partial charge on any atom is -0.236 e. The zero-order chi connectivity index (χ0) is 9.97. The van der Waals surface area contributed by atoms with Gasteiger partial charge in [-0.25, -0.2) is 9.97 Å². The van der Waals surface area contributed by atoms with Gasteiger partial charge in [-0.15, -0.1) is 0 Å². The predicted molar refractivity (Wildman–Crippen MR) is 57.9 cm³/mol. The molecular weight excluding hydrogens is 219 g/mol. The van der Waals surface area contributed by atoms with E-state index in [1.165, 1.54) is 12.8 Å². The van der Waals surface area contributed by atoms with Gasteiger partial charge in [0.05, 0.1) is 11.4 Å². The summed E-state index contributed by atoms with van der Waals surface area (Å²) in [5.41, 5.74) is 1.70. The molecule has 2 aliphatic heterocycles. The van der Waals surface area contributed by atoms with E-state index in [9.17, 15) is 0 Å². The van der Waals surface area contributed by atoms with Crippen LogP contribution >= 0.6 is 23.2 Å². The number of aryl methyl sites for hydroxylation is 2. The largest absolute Gasteiger partial charge is 0.236 e. The van der Waals surface area contributed by atoms with Gasteiger partial charge < -0.3 is 0 Å². The first-order valence-electron chi connectivity index (χ1n) is 4.98. The minimum absolute atomic E-state index is 0.534. The second-order valence-electron chi connectivity index (χ2n) is 3.61. The summed E-state index contributed by atoms with van der Waals surface area (Å²) in [6, 6.07) is 0. The van der Waals surface area contributed by atoms with Gasteiger partial charge in [-0.1, -0.05) is 36.0 Å². The topological polar surface area (TPSA) is 25.8 Å². The molecule has 0 fully saturated rings. The van der Waals surface area contributed by atoms with E-state index in [2.05, 4.69) is 9.97 Å². The van der Waals surface area contributed by atoms with Crippen molar-refractivity contribution in [2.24, 2.45) is 0 Å². The Morgan fingerprint density at radius 1 is 0.714 bits per heavy atom. The van der Waals surface area contributed by atoms with Gasteiger partial charge in [0.1, 0.15) is 0 Å². The van der Waals surface area contributed by atoms with Gasteiger partial charge >= 0.3 is 0 Å². The lowest BCUT2D eigenvalue weighted by Crippen LogP contribution is -2.03. The Labute approximate surface area is 93.7 Å². The van der Waals surface area contributed by atoms with Crippen molar-refractivity contribution >= 4 is 23.2 Å². The summed E-state index contributed by atoms with van der Waals surface area (Å²) in [4.78, 5) is 8.57. The van der Waals surface area contributed by atoms with Crippen molar-refractivity contribution in [3.05, 3.63) is 21.7 Å². The molecule has 0 radical (unpaired) electrons. The summed E-state index contributed by atoms with van der Waals surface area (Å²) >= 11 is 12.0. The van der Waals surface area contributed by atoms with Crippen molar-refractivity contribution in [2.45, 2.75) is 38.5 Å². The van der Waals surface area contributed by atoms with E-state index in [0.717, 1.165) is 37.1 Å². The summed E-state index contributed by atoms with van der Waals surface area (Å²) < 4.78 is 0. The predicted octanol–water partition coefficient (Wildman–Crippen LogP) is 3.44. The van der Waals surface area contributed by atoms with Crippen LogP contribution in [0.5, 0.6) is 0 Å². The normalized spacial score (nSPS) is 17.0. The van der Waals surface area contributed by atoms with E-state index < -0.39 is 0 Å². The summed E-state index contributed by atoms with van der Waals surface area (Å²) in [6.07, 6.45) is 6.54. The van der Waals surface area contributed by atoms with Crippen LogP contribution in [0.1, 0.15) is 37.1 Å². The highest BCUT2D eigenvalue weighted by molar-refractivity contribution is 6.32. The third-order valence-corrected chi connectivity index (χ3v) is 3.12. The molecule has 0 saturated heterocycles. The summed E-state index contributed by atoms with van der Waals surface area (Å²) in [5, 5.41) is 1.07. The Bertz CT molecular complexity index is 305. The molecule has 3 heterocycles. The molecule has 0 spiro atoms. The van der Waals surface area contributed by atoms with Gasteiger partial charge in [0.25, 0.3) is 0 Å². The molecule has 0 amide bonds. The number of aromatic nitrogens is 2. The molecule has 2 bridgehead atoms. The molecule has 0 aromatic carbocycles. The van der Waals surface area contributed by atoms with Gasteiger partial charge in [0.15, 0.2) is 10.3 Å². The lowest BCUT2D eigenvalue weighted by molar-refractivity contribution is 0.618. The Morgan fingerprint density at radius 3 is 1.57 bits per heavy atom. The maximum absolute atomic E-state index is 6.01. The maximum atomic E-state index is 6.01. The highest BCUT2D eigenvalue weighted by Crippen LogP contribution is 2.23. The average Bonchev–Trinajstić information content (AvgIpc) is 2.18. The zero-order valence-corrected chi connectivity index (χ0v) is 9.40. The molecule has 0 atom stereocenters. The van der Waals surface area contributed by atoms with Crippen molar-refractivity contribution in [1.82, 2.24) is 9.97 Å². The molecule has 3 rings (SSSR count). The van der Waals surface area contributed by atoms with Gasteiger partial charge in [-0.3, -0.25) is 0 Å². The van der Waals surface area contributed by atoms with Crippen LogP contribution in [0.2, 0.25) is 10.3 Å². The third kappa shape index (κ3) is 2.18. The van der Waals surface area contributed by atoms with Gasteiger partial charge in [-0.05, 0) is 25.7 Å². The first kappa shape index (κ1) is 10.2. The fourth-order valence-corrected chi connectivity index (χ4v) is 2.19. The van der Waals surface area contributed by atoms with Crippen LogP contribution in [0.3, 0.4) is 0 Å². The number of hydrogen-bond acceptors (Lipinski definition) is 2. The molecule has 2 aliphatic rings. The Balaban J connectivity index is 2.39. The summed E-state index contributed by atoms with van der Waals surface area (Å²) in [5.74, 6) is 0. The molecule has 0 saturated carbocycles. The first-order chi connectivity index (χ1) is 6.77. The Kier molecular flexibility index (Phi) is 3.24. The van der Waals surface area contributed by atoms with Crippen molar-refractivity contribution < 1.29 is 0 Å². The van der Waals surface area contributed by atoms with E-state index in [0.29, 0.717) is 10.3 Å². The first-order valence-corrected chi connectivity index (χ1v) is 5.74. The van der Waals surface area contributed by atoms with E-state index in [1.807, 2.05) is 0 Å². The van der Waals surface area contributed by atoms with E-state index >= 15 is 0 Å². The molecule has 14 heavy (non-hydrogen) atoms. The van der Waals surface area contributed by atoms with Crippen LogP contribution in [0, 0.1) is 0 Å². The molecule has 4 heteroatoms. The number of hydrogen-bond donors (Lipinski definition) is 0. The smallest absolute Gasteiger partial charge is 0.150 e. The van der Waals surface area contributed by atoms with Crippen molar-refractivity contribution in [1.29, 1.82) is 0 Å². The molecular formula is C10H12Cl2N2. The minimum atomic E-state index is 0.534. The average molecular weight is 231 g/mol. The van der Waals surface area contributed by atoms with Gasteiger partial charge in [0, 0.05) is 0 Å². The monoisotopic (exact) mass is 230 g/mol. The van der Waals surface area contributed by atoms with Crippen LogP contribution < -0.4 is 0 Å². The van der Waals surface area contributed by atoms with E-state index in [4.69, 9.17) is 23.2 Å². The molecule has 0 N–H and O–H groups in total. The van der Waals surface area contributed by atoms with Crippen molar-refractivity contribution in [3.63, 3.8) is 0 Å². The third-order valence-electron chi connectivity index (χ3n) is 2.52. The number of nitrogens with zero attached hydrogens (tertiary/aromatic N) is 2. The second-order valence-corrected chi connectivity index (χ2v) is 4.33. The fraction of sp³-hybridized carbons (Fsp3) is 0.600. The fourth-order valence-electron chi connectivity index (χ4n) is 1.71. The molecule has 1 aromatic rings. The van der Waals surface area contributed by atoms with Crippen LogP contribution in [0.15, 0.2) is 0 Å². The van der Waals surface area contributed by atoms with Crippen molar-refractivity contribution in [2.75, 3.05) is 0 Å². The maximum Gasteiger partial charge on any atom is 0.150 e. The van der Waals surface area contributed by atoms with Crippen LogP contribution in [-0.2, 0) is 12.8 Å². The summed E-state index contributed by atoms with van der Waals surface area (Å²) in [6.45, 7) is 0. The Hall–Kier alpha value is -0.340. The van der Waals surface area contributed by atoms with Crippen molar-refractivity contribution in [3.8, 4) is 0 Å². The summed E-state index contributed by atoms with van der Waals surface area (Å²) in [7, 11) is 0. The van der Waals surface area contributed by atoms with Gasteiger partial charge in [0.2, 0.25) is 0 Å². The second kappa shape index (κ2) is 4.45. The van der Waals surface area contributed by atoms with Crippen LogP contribution in [0.4, 0.5) is 0 Å². The lowest BCUT2D eigenvalue weighted by atomic mass is 10.1. The molecule has 2 nitrogen and oxygen atoms in total. The number of fused-ring (bicyclic) bond motifs is 7. The van der Waals surface area contributed by atoms with Crippen LogP contribution in [-0.4, -0.2) is 9.97 Å². The SMILES string of the molecule is Clc1nc2c(Cl)nc1CCCCCC2. The quantitative estimate of drug-likeness (QED) is 0.683. The Morgan fingerprint density at radius 2 is 1.14 bits per heavy atom. The highest BCUT2D eigenvalue weighted by Gasteiger charge is 2.12. The van der Waals surface area contributed by atoms with Crippen LogP contribution in [0.25, 0.3) is 0 Å². The molecule has 0 aliphatic carbocycles. The molecule has 76 valence electrons.